The van der Waals surface area contributed by atoms with E-state index in [1.54, 1.807) is 12.4 Å². The van der Waals surface area contributed by atoms with Crippen LogP contribution in [0.25, 0.3) is 0 Å². The van der Waals surface area contributed by atoms with Crippen LogP contribution in [0.4, 0.5) is 14.5 Å². The van der Waals surface area contributed by atoms with E-state index in [0.717, 1.165) is 11.6 Å². The normalized spacial score (nSPS) is 10.1. The molecule has 0 saturated heterocycles. The molecular formula is C12H10F2N2. The van der Waals surface area contributed by atoms with E-state index in [2.05, 4.69) is 10.3 Å². The first-order chi connectivity index (χ1) is 7.74. The van der Waals surface area contributed by atoms with Crippen LogP contribution in [-0.4, -0.2) is 4.98 Å². The topological polar surface area (TPSA) is 24.9 Å². The average Bonchev–Trinajstić information content (AvgIpc) is 2.27. The highest BCUT2D eigenvalue weighted by atomic mass is 19.1. The molecule has 4 heteroatoms. The molecule has 16 heavy (non-hydrogen) atoms. The first-order valence-electron chi connectivity index (χ1n) is 4.83. The fourth-order valence-corrected chi connectivity index (χ4v) is 1.36. The van der Waals surface area contributed by atoms with E-state index in [1.165, 1.54) is 12.1 Å². The van der Waals surface area contributed by atoms with Crippen LogP contribution in [0, 0.1) is 11.6 Å². The molecule has 82 valence electrons. The highest BCUT2D eigenvalue weighted by Crippen LogP contribution is 2.13. The van der Waals surface area contributed by atoms with Crippen LogP contribution >= 0.6 is 0 Å². The van der Waals surface area contributed by atoms with Gasteiger partial charge in [-0.15, -0.1) is 0 Å². The van der Waals surface area contributed by atoms with Crippen LogP contribution in [0.2, 0.25) is 0 Å². The second kappa shape index (κ2) is 4.70. The molecule has 1 N–H and O–H groups in total. The Morgan fingerprint density at radius 2 is 1.62 bits per heavy atom. The summed E-state index contributed by atoms with van der Waals surface area (Å²) in [7, 11) is 0. The van der Waals surface area contributed by atoms with Gasteiger partial charge in [0.1, 0.15) is 11.6 Å². The molecular weight excluding hydrogens is 210 g/mol. The zero-order valence-corrected chi connectivity index (χ0v) is 8.45. The molecule has 0 aliphatic rings. The van der Waals surface area contributed by atoms with Gasteiger partial charge in [-0.1, -0.05) is 0 Å². The molecule has 2 nitrogen and oxygen atoms in total. The van der Waals surface area contributed by atoms with Crippen molar-refractivity contribution in [2.75, 3.05) is 5.32 Å². The molecule has 0 aliphatic carbocycles. The highest BCUT2D eigenvalue weighted by Gasteiger charge is 1.99. The van der Waals surface area contributed by atoms with E-state index < -0.39 is 11.6 Å². The van der Waals surface area contributed by atoms with E-state index in [9.17, 15) is 8.78 Å². The summed E-state index contributed by atoms with van der Waals surface area (Å²) in [4.78, 5) is 3.88. The smallest absolute Gasteiger partial charge is 0.128 e. The van der Waals surface area contributed by atoms with Crippen molar-refractivity contribution in [2.24, 2.45) is 0 Å². The number of nitrogens with one attached hydrogen (secondary N) is 1. The maximum Gasteiger partial charge on any atom is 0.128 e. The van der Waals surface area contributed by atoms with Gasteiger partial charge in [0.2, 0.25) is 0 Å². The van der Waals surface area contributed by atoms with Gasteiger partial charge in [0.15, 0.2) is 0 Å². The van der Waals surface area contributed by atoms with Gasteiger partial charge in [0.25, 0.3) is 0 Å². The summed E-state index contributed by atoms with van der Waals surface area (Å²) in [5, 5.41) is 2.93. The molecule has 0 bridgehead atoms. The molecule has 2 aromatic rings. The summed E-state index contributed by atoms with van der Waals surface area (Å²) in [6.45, 7) is 0.505. The van der Waals surface area contributed by atoms with Gasteiger partial charge in [0.05, 0.1) is 0 Å². The summed E-state index contributed by atoms with van der Waals surface area (Å²) < 4.78 is 25.7. The quantitative estimate of drug-likeness (QED) is 0.860. The fraction of sp³-hybridized carbons (Fsp3) is 0.0833. The summed E-state index contributed by atoms with van der Waals surface area (Å²) in [6.07, 6.45) is 3.34. The zero-order valence-electron chi connectivity index (χ0n) is 8.45. The summed E-state index contributed by atoms with van der Waals surface area (Å²) in [5.74, 6) is -1.17. The largest absolute Gasteiger partial charge is 0.381 e. The average molecular weight is 220 g/mol. The van der Waals surface area contributed by atoms with Crippen molar-refractivity contribution in [2.45, 2.75) is 6.54 Å². The molecule has 0 saturated carbocycles. The minimum Gasteiger partial charge on any atom is -0.381 e. The molecule has 0 fully saturated rings. The van der Waals surface area contributed by atoms with Crippen molar-refractivity contribution in [3.63, 3.8) is 0 Å². The third-order valence-electron chi connectivity index (χ3n) is 2.11. The van der Waals surface area contributed by atoms with Gasteiger partial charge in [-0.05, 0) is 29.8 Å². The number of hydrogen-bond donors (Lipinski definition) is 1. The van der Waals surface area contributed by atoms with Gasteiger partial charge < -0.3 is 5.32 Å². The third kappa shape index (κ3) is 2.76. The number of pyridine rings is 1. The maximum absolute atomic E-state index is 12.9. The number of nitrogens with zero attached hydrogens (tertiary/aromatic N) is 1. The second-order valence-corrected chi connectivity index (χ2v) is 3.37. The van der Waals surface area contributed by atoms with Crippen molar-refractivity contribution in [1.82, 2.24) is 4.98 Å². The molecule has 0 radical (unpaired) electrons. The Bertz CT molecular complexity index is 451. The van der Waals surface area contributed by atoms with Gasteiger partial charge in [0, 0.05) is 30.7 Å². The zero-order chi connectivity index (χ0) is 11.4. The Morgan fingerprint density at radius 1 is 1.00 bits per heavy atom. The SMILES string of the molecule is Fc1cc(F)cc(NCc2ccncc2)c1. The monoisotopic (exact) mass is 220 g/mol. The van der Waals surface area contributed by atoms with Crippen molar-refractivity contribution in [1.29, 1.82) is 0 Å². The Balaban J connectivity index is 2.05. The Kier molecular flexibility index (Phi) is 3.10. The van der Waals surface area contributed by atoms with Crippen LogP contribution in [0.1, 0.15) is 5.56 Å². The van der Waals surface area contributed by atoms with Crippen molar-refractivity contribution in [3.05, 3.63) is 59.9 Å². The predicted molar refractivity (Wildman–Crippen MR) is 57.9 cm³/mol. The lowest BCUT2D eigenvalue weighted by molar-refractivity contribution is 0.584. The van der Waals surface area contributed by atoms with Gasteiger partial charge >= 0.3 is 0 Å². The molecule has 0 unspecified atom stereocenters. The number of benzene rings is 1. The third-order valence-corrected chi connectivity index (χ3v) is 2.11. The van der Waals surface area contributed by atoms with Gasteiger partial charge in [-0.2, -0.15) is 0 Å². The highest BCUT2D eigenvalue weighted by molar-refractivity contribution is 5.44. The number of hydrogen-bond acceptors (Lipinski definition) is 2. The Labute approximate surface area is 92.0 Å². The number of halogens is 2. The van der Waals surface area contributed by atoms with Gasteiger partial charge in [-0.3, -0.25) is 4.98 Å². The van der Waals surface area contributed by atoms with E-state index in [0.29, 0.717) is 12.2 Å². The minimum absolute atomic E-state index is 0.425. The first kappa shape index (κ1) is 10.5. The summed E-state index contributed by atoms with van der Waals surface area (Å²) >= 11 is 0. The Hall–Kier alpha value is -1.97. The lowest BCUT2D eigenvalue weighted by Crippen LogP contribution is -2.00. The molecule has 0 spiro atoms. The van der Waals surface area contributed by atoms with Crippen molar-refractivity contribution < 1.29 is 8.78 Å². The summed E-state index contributed by atoms with van der Waals surface area (Å²) in [6, 6.07) is 7.03. The van der Waals surface area contributed by atoms with Crippen molar-refractivity contribution in [3.8, 4) is 0 Å². The first-order valence-corrected chi connectivity index (χ1v) is 4.83. The number of anilines is 1. The predicted octanol–water partition coefficient (Wildman–Crippen LogP) is 2.97. The number of aromatic nitrogens is 1. The second-order valence-electron chi connectivity index (χ2n) is 3.37. The van der Waals surface area contributed by atoms with Crippen LogP contribution in [0.5, 0.6) is 0 Å². The summed E-state index contributed by atoms with van der Waals surface area (Å²) in [5.41, 5.74) is 1.42. The molecule has 0 aliphatic heterocycles. The molecule has 1 aromatic heterocycles. The number of rotatable bonds is 3. The lowest BCUT2D eigenvalue weighted by atomic mass is 10.2. The van der Waals surface area contributed by atoms with Crippen molar-refractivity contribution >= 4 is 5.69 Å². The van der Waals surface area contributed by atoms with Crippen LogP contribution < -0.4 is 5.32 Å². The molecule has 1 heterocycles. The van der Waals surface area contributed by atoms with E-state index in [-0.39, 0.29) is 0 Å². The molecule has 1 aromatic carbocycles. The molecule has 0 atom stereocenters. The lowest BCUT2D eigenvalue weighted by Gasteiger charge is -2.06. The standard InChI is InChI=1S/C12H10F2N2/c13-10-5-11(14)7-12(6-10)16-8-9-1-3-15-4-2-9/h1-7,16H,8H2. The van der Waals surface area contributed by atoms with Crippen LogP contribution in [0.3, 0.4) is 0 Å². The van der Waals surface area contributed by atoms with E-state index in [4.69, 9.17) is 0 Å². The van der Waals surface area contributed by atoms with E-state index >= 15 is 0 Å². The Morgan fingerprint density at radius 3 is 2.25 bits per heavy atom. The fourth-order valence-electron chi connectivity index (χ4n) is 1.36. The van der Waals surface area contributed by atoms with Crippen LogP contribution in [0.15, 0.2) is 42.7 Å². The van der Waals surface area contributed by atoms with Crippen LogP contribution in [-0.2, 0) is 6.54 Å². The minimum atomic E-state index is -0.586. The maximum atomic E-state index is 12.9. The van der Waals surface area contributed by atoms with Gasteiger partial charge in [-0.25, -0.2) is 8.78 Å². The molecule has 2 rings (SSSR count). The van der Waals surface area contributed by atoms with E-state index in [1.807, 2.05) is 12.1 Å². The molecule has 0 amide bonds.